The van der Waals surface area contributed by atoms with Crippen molar-refractivity contribution in [1.29, 1.82) is 0 Å². The van der Waals surface area contributed by atoms with Crippen molar-refractivity contribution >= 4 is 40.9 Å². The molecule has 1 saturated heterocycles. The van der Waals surface area contributed by atoms with Crippen LogP contribution < -0.4 is 5.73 Å². The van der Waals surface area contributed by atoms with Crippen molar-refractivity contribution in [3.63, 3.8) is 0 Å². The highest BCUT2D eigenvalue weighted by Crippen LogP contribution is 2.35. The summed E-state index contributed by atoms with van der Waals surface area (Å²) in [6, 6.07) is 1.59. The number of fused-ring (bicyclic) bond motifs is 1. The molecule has 2 aromatic rings. The van der Waals surface area contributed by atoms with Gasteiger partial charge >= 0.3 is 18.0 Å². The molecule has 3 heterocycles. The van der Waals surface area contributed by atoms with Crippen molar-refractivity contribution in [2.75, 3.05) is 6.73 Å². The number of carbonyl (C=O) groups is 5. The third kappa shape index (κ3) is 4.70. The molecule has 0 bridgehead atoms. The number of amides is 4. The second kappa shape index (κ2) is 8.43. The van der Waals surface area contributed by atoms with E-state index in [4.69, 9.17) is 19.7 Å². The Morgan fingerprint density at radius 2 is 1.68 bits per heavy atom. The molecule has 0 saturated carbocycles. The molecule has 12 heteroatoms. The maximum absolute atomic E-state index is 13.2. The third-order valence-corrected chi connectivity index (χ3v) is 4.80. The first-order valence-electron chi connectivity index (χ1n) is 10.4. The number of pyridine rings is 1. The van der Waals surface area contributed by atoms with Gasteiger partial charge < -0.3 is 19.7 Å². The number of esters is 1. The molecule has 0 aliphatic carbocycles. The smallest absolute Gasteiger partial charge is 0.364 e. The minimum Gasteiger partial charge on any atom is -0.456 e. The summed E-state index contributed by atoms with van der Waals surface area (Å²) in [7, 11) is 0. The lowest BCUT2D eigenvalue weighted by atomic mass is 9.97. The standard InChI is InChI=1S/C22H26N4O8/c1-21(2,3)18(29)32-10-25-17(28)15(26(20(25)31)34-19(30)22(4,5)6)14-9-12-13(33-14)8-7-11(24-12)16(23)27/h7-9,15H,10H2,1-6H3,(H2,23,27)/t15-/m0/s1. The normalized spacial score (nSPS) is 16.8. The summed E-state index contributed by atoms with van der Waals surface area (Å²) >= 11 is 0. The summed E-state index contributed by atoms with van der Waals surface area (Å²) in [5, 5.41) is 0.577. The number of ether oxygens (including phenoxy) is 1. The predicted molar refractivity (Wildman–Crippen MR) is 115 cm³/mol. The molecule has 1 aliphatic heterocycles. The van der Waals surface area contributed by atoms with Crippen LogP contribution >= 0.6 is 0 Å². The summed E-state index contributed by atoms with van der Waals surface area (Å²) in [5.41, 5.74) is 3.77. The van der Waals surface area contributed by atoms with Crippen LogP contribution in [0.15, 0.2) is 22.6 Å². The molecule has 182 valence electrons. The first kappa shape index (κ1) is 24.7. The highest BCUT2D eigenvalue weighted by molar-refractivity contribution is 6.04. The Kier molecular flexibility index (Phi) is 6.12. The number of nitrogens with two attached hydrogens (primary N) is 1. The molecule has 0 unspecified atom stereocenters. The van der Waals surface area contributed by atoms with Crippen LogP contribution in [0.25, 0.3) is 11.1 Å². The Balaban J connectivity index is 1.99. The van der Waals surface area contributed by atoms with Gasteiger partial charge in [-0.1, -0.05) is 0 Å². The van der Waals surface area contributed by atoms with Crippen LogP contribution in [0.2, 0.25) is 0 Å². The minimum absolute atomic E-state index is 0.0274. The largest absolute Gasteiger partial charge is 0.456 e. The summed E-state index contributed by atoms with van der Waals surface area (Å²) in [4.78, 5) is 72.3. The number of hydrogen-bond acceptors (Lipinski definition) is 9. The number of urea groups is 1. The van der Waals surface area contributed by atoms with Crippen LogP contribution in [0.1, 0.15) is 63.8 Å². The number of hydrogen-bond donors (Lipinski definition) is 1. The zero-order valence-corrected chi connectivity index (χ0v) is 19.7. The van der Waals surface area contributed by atoms with Gasteiger partial charge in [0, 0.05) is 6.07 Å². The topological polar surface area (TPSA) is 162 Å². The van der Waals surface area contributed by atoms with Crippen LogP contribution in [-0.2, 0) is 24.0 Å². The Morgan fingerprint density at radius 3 is 2.24 bits per heavy atom. The Hall–Kier alpha value is -3.96. The molecule has 4 amide bonds. The lowest BCUT2D eigenvalue weighted by Gasteiger charge is -2.23. The van der Waals surface area contributed by atoms with Crippen LogP contribution in [0.3, 0.4) is 0 Å². The number of nitrogens with zero attached hydrogens (tertiary/aromatic N) is 3. The van der Waals surface area contributed by atoms with Gasteiger partial charge in [0.05, 0.1) is 10.8 Å². The molecule has 3 rings (SSSR count). The van der Waals surface area contributed by atoms with Gasteiger partial charge in [-0.15, -0.1) is 5.06 Å². The Bertz CT molecular complexity index is 1190. The van der Waals surface area contributed by atoms with Gasteiger partial charge in [-0.3, -0.25) is 14.4 Å². The minimum atomic E-state index is -1.50. The fourth-order valence-electron chi connectivity index (χ4n) is 2.80. The molecular formula is C22H26N4O8. The van der Waals surface area contributed by atoms with E-state index in [1.807, 2.05) is 0 Å². The van der Waals surface area contributed by atoms with Crippen molar-refractivity contribution in [2.24, 2.45) is 16.6 Å². The number of imide groups is 1. The van der Waals surface area contributed by atoms with Gasteiger partial charge in [-0.2, -0.15) is 0 Å². The van der Waals surface area contributed by atoms with E-state index < -0.39 is 53.4 Å². The summed E-state index contributed by atoms with van der Waals surface area (Å²) < 4.78 is 10.8. The van der Waals surface area contributed by atoms with Gasteiger partial charge in [0.2, 0.25) is 6.04 Å². The molecule has 2 N–H and O–H groups in total. The zero-order valence-electron chi connectivity index (χ0n) is 19.7. The summed E-state index contributed by atoms with van der Waals surface area (Å²) in [6.45, 7) is 8.89. The van der Waals surface area contributed by atoms with Crippen LogP contribution in [0, 0.1) is 10.8 Å². The number of hydroxylamine groups is 2. The summed E-state index contributed by atoms with van der Waals surface area (Å²) in [6.07, 6.45) is 0. The van der Waals surface area contributed by atoms with E-state index in [1.54, 1.807) is 41.5 Å². The van der Waals surface area contributed by atoms with Gasteiger partial charge in [0.1, 0.15) is 17.0 Å². The maximum atomic E-state index is 13.2. The van der Waals surface area contributed by atoms with E-state index in [0.717, 1.165) is 0 Å². The molecule has 0 radical (unpaired) electrons. The molecule has 12 nitrogen and oxygen atoms in total. The molecule has 1 fully saturated rings. The lowest BCUT2D eigenvalue weighted by molar-refractivity contribution is -0.192. The second-order valence-electron chi connectivity index (χ2n) is 9.81. The molecule has 34 heavy (non-hydrogen) atoms. The first-order chi connectivity index (χ1) is 15.6. The van der Waals surface area contributed by atoms with E-state index in [9.17, 15) is 24.0 Å². The first-order valence-corrected chi connectivity index (χ1v) is 10.4. The van der Waals surface area contributed by atoms with Crippen molar-refractivity contribution in [3.8, 4) is 0 Å². The van der Waals surface area contributed by atoms with Gasteiger partial charge in [-0.25, -0.2) is 19.5 Å². The van der Waals surface area contributed by atoms with E-state index in [1.165, 1.54) is 18.2 Å². The highest BCUT2D eigenvalue weighted by Gasteiger charge is 2.52. The number of aromatic nitrogens is 1. The number of carbonyl (C=O) groups excluding carboxylic acids is 5. The Morgan fingerprint density at radius 1 is 1.06 bits per heavy atom. The monoisotopic (exact) mass is 474 g/mol. The molecule has 0 spiro atoms. The molecule has 0 aromatic carbocycles. The molecular weight excluding hydrogens is 448 g/mol. The second-order valence-corrected chi connectivity index (χ2v) is 9.81. The van der Waals surface area contributed by atoms with Crippen molar-refractivity contribution in [3.05, 3.63) is 29.7 Å². The number of furan rings is 1. The fraction of sp³-hybridized carbons (Fsp3) is 0.455. The molecule has 1 aliphatic rings. The lowest BCUT2D eigenvalue weighted by Crippen LogP contribution is -2.39. The average Bonchev–Trinajstić information content (AvgIpc) is 3.22. The van der Waals surface area contributed by atoms with E-state index in [2.05, 4.69) is 4.98 Å². The number of primary amides is 1. The van der Waals surface area contributed by atoms with E-state index in [-0.39, 0.29) is 22.6 Å². The van der Waals surface area contributed by atoms with Crippen molar-refractivity contribution in [2.45, 2.75) is 47.6 Å². The van der Waals surface area contributed by atoms with Gasteiger partial charge in [0.25, 0.3) is 11.8 Å². The number of rotatable bonds is 5. The van der Waals surface area contributed by atoms with Crippen molar-refractivity contribution < 1.29 is 38.0 Å². The molecule has 1 atom stereocenters. The molecule has 2 aromatic heterocycles. The third-order valence-electron chi connectivity index (χ3n) is 4.80. The van der Waals surface area contributed by atoms with Crippen LogP contribution in [0.5, 0.6) is 0 Å². The summed E-state index contributed by atoms with van der Waals surface area (Å²) in [5.74, 6) is -3.10. The van der Waals surface area contributed by atoms with E-state index >= 15 is 0 Å². The quantitative estimate of drug-likeness (QED) is 0.506. The van der Waals surface area contributed by atoms with Crippen molar-refractivity contribution in [1.82, 2.24) is 14.9 Å². The zero-order chi connectivity index (χ0) is 25.6. The van der Waals surface area contributed by atoms with Crippen LogP contribution in [-0.4, -0.2) is 51.5 Å². The Labute approximate surface area is 194 Å². The van der Waals surface area contributed by atoms with E-state index in [0.29, 0.717) is 9.96 Å². The predicted octanol–water partition coefficient (Wildman–Crippen LogP) is 2.28. The maximum Gasteiger partial charge on any atom is 0.364 e. The van der Waals surface area contributed by atoms with Gasteiger partial charge in [-0.05, 0) is 53.7 Å². The van der Waals surface area contributed by atoms with Gasteiger partial charge in [0.15, 0.2) is 12.3 Å². The fourth-order valence-corrected chi connectivity index (χ4v) is 2.80. The van der Waals surface area contributed by atoms with Crippen LogP contribution in [0.4, 0.5) is 4.79 Å². The average molecular weight is 474 g/mol. The highest BCUT2D eigenvalue weighted by atomic mass is 16.7. The SMILES string of the molecule is CC(C)(C)C(=O)OCN1C(=O)[C@H](c2cc3nc(C(N)=O)ccc3o2)N(OC(=O)C(C)(C)C)C1=O.